The van der Waals surface area contributed by atoms with Gasteiger partial charge in [0.2, 0.25) is 5.91 Å². The van der Waals surface area contributed by atoms with E-state index in [1.165, 1.54) is 0 Å². The number of hydrogen-bond acceptors (Lipinski definition) is 6. The molecule has 0 bridgehead atoms. The molecular formula is C19H24N4O3S2. The van der Waals surface area contributed by atoms with Crippen molar-refractivity contribution in [2.75, 3.05) is 16.3 Å². The predicted molar refractivity (Wildman–Crippen MR) is 114 cm³/mol. The van der Waals surface area contributed by atoms with Gasteiger partial charge in [-0.1, -0.05) is 23.8 Å². The Morgan fingerprint density at radius 2 is 1.79 bits per heavy atom. The molecule has 3 rings (SSSR count). The first-order chi connectivity index (χ1) is 13.3. The molecule has 3 unspecified atom stereocenters. The third-order valence-corrected chi connectivity index (χ3v) is 6.93. The second-order valence-electron chi connectivity index (χ2n) is 6.76. The Balaban J connectivity index is 1.78. The Morgan fingerprint density at radius 1 is 1.07 bits per heavy atom. The van der Waals surface area contributed by atoms with Crippen LogP contribution in [0.3, 0.4) is 0 Å². The summed E-state index contributed by atoms with van der Waals surface area (Å²) >= 11 is 1.57. The number of anilines is 2. The summed E-state index contributed by atoms with van der Waals surface area (Å²) in [4.78, 5) is 13.9. The van der Waals surface area contributed by atoms with Gasteiger partial charge in [0.1, 0.15) is 0 Å². The van der Waals surface area contributed by atoms with Gasteiger partial charge in [-0.3, -0.25) is 14.9 Å². The summed E-state index contributed by atoms with van der Waals surface area (Å²) in [5, 5.41) is 1.73. The maximum absolute atomic E-state index is 12.9. The molecule has 3 atom stereocenters. The molecule has 2 aromatic carbocycles. The lowest BCUT2D eigenvalue weighted by molar-refractivity contribution is -0.119. The summed E-state index contributed by atoms with van der Waals surface area (Å²) in [6.07, 6.45) is 1.95. The molecule has 2 aromatic rings. The molecule has 7 nitrogen and oxygen atoms in total. The van der Waals surface area contributed by atoms with Gasteiger partial charge >= 0.3 is 0 Å². The quantitative estimate of drug-likeness (QED) is 0.536. The van der Waals surface area contributed by atoms with Gasteiger partial charge in [0.05, 0.1) is 5.92 Å². The first-order valence-corrected chi connectivity index (χ1v) is 11.6. The Kier molecular flexibility index (Phi) is 6.29. The lowest BCUT2D eigenvalue weighted by atomic mass is 10.0. The standard InChI is InChI=1S/C19H24N4O3S2/c1-12-7-9-14(10-8-12)23-28(25,26)19-17(13(2)21-22-19)18(24)20-15-5-4-6-16(11-15)27-3/h4-11,13,17,19,21-23H,1-3H3,(H,20,24). The number of sulfonamides is 1. The lowest BCUT2D eigenvalue weighted by Gasteiger charge is -2.21. The van der Waals surface area contributed by atoms with Gasteiger partial charge in [0.15, 0.2) is 5.37 Å². The van der Waals surface area contributed by atoms with E-state index in [1.54, 1.807) is 36.9 Å². The monoisotopic (exact) mass is 420 g/mol. The maximum atomic E-state index is 12.9. The number of nitrogens with one attached hydrogen (secondary N) is 4. The van der Waals surface area contributed by atoms with Crippen LogP contribution in [0.2, 0.25) is 0 Å². The minimum absolute atomic E-state index is 0.358. The van der Waals surface area contributed by atoms with Crippen molar-refractivity contribution in [1.82, 2.24) is 10.9 Å². The molecular weight excluding hydrogens is 396 g/mol. The fraction of sp³-hybridized carbons (Fsp3) is 0.316. The summed E-state index contributed by atoms with van der Waals surface area (Å²) in [5.74, 6) is -1.16. The number of thioether (sulfide) groups is 1. The van der Waals surface area contributed by atoms with E-state index in [4.69, 9.17) is 0 Å². The van der Waals surface area contributed by atoms with Crippen LogP contribution < -0.4 is 20.9 Å². The highest BCUT2D eigenvalue weighted by atomic mass is 32.2. The molecule has 1 aliphatic rings. The van der Waals surface area contributed by atoms with E-state index in [1.807, 2.05) is 43.5 Å². The van der Waals surface area contributed by atoms with Crippen LogP contribution in [-0.4, -0.2) is 32.0 Å². The Hall–Kier alpha value is -2.07. The van der Waals surface area contributed by atoms with Crippen molar-refractivity contribution in [3.05, 3.63) is 54.1 Å². The van der Waals surface area contributed by atoms with Crippen LogP contribution >= 0.6 is 11.8 Å². The van der Waals surface area contributed by atoms with Gasteiger partial charge < -0.3 is 5.32 Å². The van der Waals surface area contributed by atoms with Gasteiger partial charge in [0.25, 0.3) is 10.0 Å². The lowest BCUT2D eigenvalue weighted by Crippen LogP contribution is -2.45. The van der Waals surface area contributed by atoms with Crippen molar-refractivity contribution in [2.45, 2.75) is 30.2 Å². The molecule has 9 heteroatoms. The number of aryl methyl sites for hydroxylation is 1. The van der Waals surface area contributed by atoms with E-state index in [-0.39, 0.29) is 11.9 Å². The number of benzene rings is 2. The number of hydrogen-bond donors (Lipinski definition) is 4. The van der Waals surface area contributed by atoms with Gasteiger partial charge in [0, 0.05) is 22.3 Å². The van der Waals surface area contributed by atoms with Crippen LogP contribution in [0.25, 0.3) is 0 Å². The molecule has 1 aliphatic heterocycles. The molecule has 1 heterocycles. The average molecular weight is 421 g/mol. The van der Waals surface area contributed by atoms with Crippen LogP contribution in [-0.2, 0) is 14.8 Å². The number of amides is 1. The summed E-state index contributed by atoms with van der Waals surface area (Å²) in [6, 6.07) is 14.1. The van der Waals surface area contributed by atoms with Crippen LogP contribution in [0.4, 0.5) is 11.4 Å². The van der Waals surface area contributed by atoms with E-state index >= 15 is 0 Å². The van der Waals surface area contributed by atoms with Crippen LogP contribution in [0, 0.1) is 12.8 Å². The molecule has 0 saturated carbocycles. The van der Waals surface area contributed by atoms with Crippen molar-refractivity contribution < 1.29 is 13.2 Å². The van der Waals surface area contributed by atoms with Crippen molar-refractivity contribution >= 4 is 39.1 Å². The molecule has 0 radical (unpaired) electrons. The second-order valence-corrected chi connectivity index (χ2v) is 9.44. The molecule has 1 saturated heterocycles. The van der Waals surface area contributed by atoms with E-state index in [0.29, 0.717) is 11.4 Å². The van der Waals surface area contributed by atoms with E-state index in [2.05, 4.69) is 20.9 Å². The Morgan fingerprint density at radius 3 is 2.46 bits per heavy atom. The zero-order chi connectivity index (χ0) is 20.3. The Labute approximate surface area is 169 Å². The first kappa shape index (κ1) is 20.7. The summed E-state index contributed by atoms with van der Waals surface area (Å²) in [6.45, 7) is 3.70. The topological polar surface area (TPSA) is 99.3 Å². The number of carbonyl (C=O) groups excluding carboxylic acids is 1. The Bertz CT molecular complexity index is 948. The van der Waals surface area contributed by atoms with Crippen LogP contribution in [0.15, 0.2) is 53.4 Å². The van der Waals surface area contributed by atoms with Gasteiger partial charge in [-0.15, -0.1) is 11.8 Å². The number of rotatable bonds is 6. The highest BCUT2D eigenvalue weighted by Gasteiger charge is 2.46. The third-order valence-electron chi connectivity index (χ3n) is 4.60. The smallest absolute Gasteiger partial charge is 0.250 e. The fourth-order valence-electron chi connectivity index (χ4n) is 3.07. The van der Waals surface area contributed by atoms with Crippen molar-refractivity contribution in [2.24, 2.45) is 5.92 Å². The molecule has 0 aromatic heterocycles. The molecule has 1 amide bonds. The zero-order valence-electron chi connectivity index (χ0n) is 15.9. The molecule has 150 valence electrons. The average Bonchev–Trinajstić information content (AvgIpc) is 3.06. The zero-order valence-corrected chi connectivity index (χ0v) is 17.5. The molecule has 0 aliphatic carbocycles. The second kappa shape index (κ2) is 8.52. The van der Waals surface area contributed by atoms with Crippen molar-refractivity contribution in [1.29, 1.82) is 0 Å². The van der Waals surface area contributed by atoms with Crippen molar-refractivity contribution in [3.63, 3.8) is 0 Å². The summed E-state index contributed by atoms with van der Waals surface area (Å²) < 4.78 is 28.4. The van der Waals surface area contributed by atoms with Gasteiger partial charge in [-0.05, 0) is 50.4 Å². The SMILES string of the molecule is CSc1cccc(NC(=O)C2C(C)NNC2S(=O)(=O)Nc2ccc(C)cc2)c1. The highest BCUT2D eigenvalue weighted by molar-refractivity contribution is 7.98. The number of carbonyl (C=O) groups is 1. The maximum Gasteiger partial charge on any atom is 0.250 e. The van der Waals surface area contributed by atoms with Gasteiger partial charge in [-0.2, -0.15) is 0 Å². The third kappa shape index (κ3) is 4.67. The minimum Gasteiger partial charge on any atom is -0.326 e. The molecule has 28 heavy (non-hydrogen) atoms. The highest BCUT2D eigenvalue weighted by Crippen LogP contribution is 2.25. The minimum atomic E-state index is -3.85. The summed E-state index contributed by atoms with van der Waals surface area (Å²) in [7, 11) is -3.85. The van der Waals surface area contributed by atoms with Gasteiger partial charge in [-0.25, -0.2) is 13.8 Å². The fourth-order valence-corrected chi connectivity index (χ4v) is 5.09. The van der Waals surface area contributed by atoms with Crippen LogP contribution in [0.5, 0.6) is 0 Å². The van der Waals surface area contributed by atoms with E-state index in [0.717, 1.165) is 10.5 Å². The van der Waals surface area contributed by atoms with Crippen molar-refractivity contribution in [3.8, 4) is 0 Å². The first-order valence-electron chi connectivity index (χ1n) is 8.84. The molecule has 4 N–H and O–H groups in total. The molecule has 0 spiro atoms. The molecule has 1 fully saturated rings. The predicted octanol–water partition coefficient (Wildman–Crippen LogP) is 2.54. The van der Waals surface area contributed by atoms with Crippen LogP contribution in [0.1, 0.15) is 12.5 Å². The van der Waals surface area contributed by atoms with E-state index in [9.17, 15) is 13.2 Å². The largest absolute Gasteiger partial charge is 0.326 e. The van der Waals surface area contributed by atoms with E-state index < -0.39 is 21.3 Å². The normalized spacial score (nSPS) is 22.0. The number of hydrazine groups is 1. The summed E-state index contributed by atoms with van der Waals surface area (Å²) in [5.41, 5.74) is 7.75.